The SMILES string of the molecule is CCOc1ccc([C@@H]2C(C(=O)O[C@@H](C)CC)=C(C)NC3=C2C(=O)C[C@@H](c2ccc(OC)c(OC)c2)C3)cc1OC. The second-order valence-corrected chi connectivity index (χ2v) is 10.1. The number of ether oxygens (including phenoxy) is 5. The van der Waals surface area contributed by atoms with Crippen molar-refractivity contribution in [1.29, 1.82) is 0 Å². The Morgan fingerprint density at radius 2 is 1.55 bits per heavy atom. The standard InChI is InChI=1S/C32H39NO7/c1-8-18(3)40-32(35)29-19(4)33-23-14-22(20-10-12-25(36-5)27(16-20)37-6)15-24(34)31(23)30(29)21-11-13-26(39-9-2)28(17-21)38-7/h10-13,16-18,22,30,33H,8-9,14-15H2,1-7H3/t18-,22-,30+/m0/s1. The molecular weight excluding hydrogens is 510 g/mol. The third-order valence-electron chi connectivity index (χ3n) is 7.63. The minimum Gasteiger partial charge on any atom is -0.493 e. The van der Waals surface area contributed by atoms with Crippen LogP contribution in [0, 0.1) is 0 Å². The van der Waals surface area contributed by atoms with Gasteiger partial charge in [-0.15, -0.1) is 0 Å². The smallest absolute Gasteiger partial charge is 0.337 e. The number of allylic oxidation sites excluding steroid dienone is 3. The Hall–Kier alpha value is -3.94. The van der Waals surface area contributed by atoms with Crippen molar-refractivity contribution >= 4 is 11.8 Å². The van der Waals surface area contributed by atoms with Crippen LogP contribution >= 0.6 is 0 Å². The summed E-state index contributed by atoms with van der Waals surface area (Å²) in [6.07, 6.45) is 1.34. The number of rotatable bonds is 10. The topological polar surface area (TPSA) is 92.3 Å². The molecule has 4 rings (SSSR count). The van der Waals surface area contributed by atoms with Crippen molar-refractivity contribution in [3.63, 3.8) is 0 Å². The molecule has 0 fully saturated rings. The minimum atomic E-state index is -0.601. The molecule has 0 spiro atoms. The van der Waals surface area contributed by atoms with Gasteiger partial charge in [0.1, 0.15) is 0 Å². The molecule has 0 aromatic heterocycles. The highest BCUT2D eigenvalue weighted by atomic mass is 16.5. The minimum absolute atomic E-state index is 0.0206. The fraction of sp³-hybridized carbons (Fsp3) is 0.438. The van der Waals surface area contributed by atoms with Gasteiger partial charge in [0.2, 0.25) is 0 Å². The number of Topliss-reactive ketones (excluding diaryl/α,β-unsaturated/α-hetero) is 1. The molecule has 0 saturated carbocycles. The van der Waals surface area contributed by atoms with Gasteiger partial charge >= 0.3 is 5.97 Å². The number of carbonyl (C=O) groups excluding carboxylic acids is 2. The molecule has 40 heavy (non-hydrogen) atoms. The maximum absolute atomic E-state index is 14.0. The number of hydrogen-bond acceptors (Lipinski definition) is 8. The zero-order valence-corrected chi connectivity index (χ0v) is 24.4. The molecule has 0 amide bonds. The van der Waals surface area contributed by atoms with Gasteiger partial charge in [-0.05, 0) is 74.9 Å². The predicted octanol–water partition coefficient (Wildman–Crippen LogP) is 5.81. The number of methoxy groups -OCH3 is 3. The van der Waals surface area contributed by atoms with Crippen molar-refractivity contribution in [2.45, 2.75) is 64.9 Å². The van der Waals surface area contributed by atoms with Gasteiger partial charge < -0.3 is 29.0 Å². The molecular formula is C32H39NO7. The number of hydrogen-bond donors (Lipinski definition) is 1. The van der Waals surface area contributed by atoms with Crippen LogP contribution in [0.1, 0.15) is 69.9 Å². The monoisotopic (exact) mass is 549 g/mol. The highest BCUT2D eigenvalue weighted by Crippen LogP contribution is 2.47. The lowest BCUT2D eigenvalue weighted by Crippen LogP contribution is -2.36. The molecule has 214 valence electrons. The van der Waals surface area contributed by atoms with E-state index in [1.54, 1.807) is 21.3 Å². The van der Waals surface area contributed by atoms with E-state index in [4.69, 9.17) is 23.7 Å². The van der Waals surface area contributed by atoms with Gasteiger partial charge in [0, 0.05) is 29.3 Å². The molecule has 0 unspecified atom stereocenters. The van der Waals surface area contributed by atoms with Crippen LogP contribution in [-0.4, -0.2) is 45.8 Å². The number of dihydropyridines is 1. The molecule has 1 aliphatic heterocycles. The second-order valence-electron chi connectivity index (χ2n) is 10.1. The van der Waals surface area contributed by atoms with Crippen molar-refractivity contribution in [3.05, 3.63) is 70.1 Å². The first-order valence-electron chi connectivity index (χ1n) is 13.7. The molecule has 8 heteroatoms. The number of nitrogens with one attached hydrogen (secondary N) is 1. The second kappa shape index (κ2) is 12.5. The Labute approximate surface area is 236 Å². The van der Waals surface area contributed by atoms with Crippen LogP contribution in [-0.2, 0) is 14.3 Å². The van der Waals surface area contributed by atoms with Gasteiger partial charge in [0.25, 0.3) is 0 Å². The fourth-order valence-corrected chi connectivity index (χ4v) is 5.45. The summed E-state index contributed by atoms with van der Waals surface area (Å²) in [4.78, 5) is 27.5. The van der Waals surface area contributed by atoms with Gasteiger partial charge in [0.05, 0.1) is 39.6 Å². The summed E-state index contributed by atoms with van der Waals surface area (Å²) in [6.45, 7) is 8.08. The van der Waals surface area contributed by atoms with E-state index in [-0.39, 0.29) is 17.8 Å². The van der Waals surface area contributed by atoms with Gasteiger partial charge in [-0.3, -0.25) is 4.79 Å². The zero-order valence-electron chi connectivity index (χ0n) is 24.4. The van der Waals surface area contributed by atoms with Crippen molar-refractivity contribution in [2.24, 2.45) is 0 Å². The summed E-state index contributed by atoms with van der Waals surface area (Å²) in [5.41, 5.74) is 4.26. The lowest BCUT2D eigenvalue weighted by molar-refractivity contribution is -0.144. The van der Waals surface area contributed by atoms with Crippen molar-refractivity contribution in [2.75, 3.05) is 27.9 Å². The molecule has 8 nitrogen and oxygen atoms in total. The summed E-state index contributed by atoms with van der Waals surface area (Å²) in [6, 6.07) is 11.3. The predicted molar refractivity (Wildman–Crippen MR) is 152 cm³/mol. The van der Waals surface area contributed by atoms with Gasteiger partial charge in [-0.25, -0.2) is 4.79 Å². The fourth-order valence-electron chi connectivity index (χ4n) is 5.45. The Kier molecular flexibility index (Phi) is 9.07. The van der Waals surface area contributed by atoms with Crippen LogP contribution in [0.3, 0.4) is 0 Å². The third-order valence-corrected chi connectivity index (χ3v) is 7.63. The van der Waals surface area contributed by atoms with Crippen molar-refractivity contribution < 1.29 is 33.3 Å². The average Bonchev–Trinajstić information content (AvgIpc) is 2.96. The van der Waals surface area contributed by atoms with E-state index in [2.05, 4.69) is 5.32 Å². The Morgan fingerprint density at radius 1 is 0.925 bits per heavy atom. The highest BCUT2D eigenvalue weighted by molar-refractivity contribution is 6.04. The van der Waals surface area contributed by atoms with Crippen molar-refractivity contribution in [3.8, 4) is 23.0 Å². The summed E-state index contributed by atoms with van der Waals surface area (Å²) >= 11 is 0. The van der Waals surface area contributed by atoms with E-state index >= 15 is 0 Å². The zero-order chi connectivity index (χ0) is 29.0. The molecule has 0 radical (unpaired) electrons. The first-order chi connectivity index (χ1) is 19.3. The van der Waals surface area contributed by atoms with Gasteiger partial charge in [0.15, 0.2) is 28.8 Å². The number of benzene rings is 2. The maximum atomic E-state index is 14.0. The average molecular weight is 550 g/mol. The third kappa shape index (κ3) is 5.67. The molecule has 0 saturated heterocycles. The number of esters is 1. The molecule has 1 aliphatic carbocycles. The van der Waals surface area contributed by atoms with Crippen LogP contribution in [0.25, 0.3) is 0 Å². The van der Waals surface area contributed by atoms with Crippen LogP contribution in [0.15, 0.2) is 58.9 Å². The Balaban J connectivity index is 1.80. The first kappa shape index (κ1) is 29.1. The van der Waals surface area contributed by atoms with E-state index in [1.807, 2.05) is 64.1 Å². The number of carbonyl (C=O) groups is 2. The quantitative estimate of drug-likeness (QED) is 0.371. The molecule has 2 aliphatic rings. The normalized spacial score (nSPS) is 19.4. The molecule has 0 bridgehead atoms. The van der Waals surface area contributed by atoms with Crippen LogP contribution in [0.2, 0.25) is 0 Å². The largest absolute Gasteiger partial charge is 0.493 e. The van der Waals surface area contributed by atoms with Crippen molar-refractivity contribution in [1.82, 2.24) is 5.32 Å². The lowest BCUT2D eigenvalue weighted by atomic mass is 9.71. The molecule has 2 aromatic rings. The van der Waals surface area contributed by atoms with E-state index < -0.39 is 11.9 Å². The molecule has 2 aromatic carbocycles. The molecule has 3 atom stereocenters. The van der Waals surface area contributed by atoms with Crippen LogP contribution in [0.4, 0.5) is 0 Å². The van der Waals surface area contributed by atoms with E-state index in [1.165, 1.54) is 0 Å². The summed E-state index contributed by atoms with van der Waals surface area (Å²) < 4.78 is 28.0. The summed E-state index contributed by atoms with van der Waals surface area (Å²) in [5.74, 6) is 1.28. The highest BCUT2D eigenvalue weighted by Gasteiger charge is 2.42. The number of ketones is 1. The van der Waals surface area contributed by atoms with Crippen LogP contribution in [0.5, 0.6) is 23.0 Å². The summed E-state index contributed by atoms with van der Waals surface area (Å²) in [7, 11) is 4.77. The summed E-state index contributed by atoms with van der Waals surface area (Å²) in [5, 5.41) is 3.41. The lowest BCUT2D eigenvalue weighted by Gasteiger charge is -2.37. The Morgan fingerprint density at radius 3 is 2.20 bits per heavy atom. The van der Waals surface area contributed by atoms with E-state index in [9.17, 15) is 9.59 Å². The van der Waals surface area contributed by atoms with Crippen LogP contribution < -0.4 is 24.3 Å². The first-order valence-corrected chi connectivity index (χ1v) is 13.7. The molecule has 1 heterocycles. The van der Waals surface area contributed by atoms with E-state index in [0.29, 0.717) is 65.7 Å². The molecule has 1 N–H and O–H groups in total. The van der Waals surface area contributed by atoms with Gasteiger partial charge in [-0.1, -0.05) is 19.1 Å². The van der Waals surface area contributed by atoms with E-state index in [0.717, 1.165) is 16.8 Å². The maximum Gasteiger partial charge on any atom is 0.337 e. The Bertz CT molecular complexity index is 1340. The van der Waals surface area contributed by atoms with Gasteiger partial charge in [-0.2, -0.15) is 0 Å².